The van der Waals surface area contributed by atoms with Crippen molar-refractivity contribution in [3.8, 4) is 11.6 Å². The summed E-state index contributed by atoms with van der Waals surface area (Å²) >= 11 is 5.88. The van der Waals surface area contributed by atoms with E-state index >= 15 is 0 Å². The largest absolute Gasteiger partial charge is 0.350 e. The molecule has 122 valence electrons. The van der Waals surface area contributed by atoms with Crippen LogP contribution in [0.4, 0.5) is 4.39 Å². The van der Waals surface area contributed by atoms with Crippen molar-refractivity contribution in [1.29, 1.82) is 0 Å². The number of halogens is 2. The van der Waals surface area contributed by atoms with Gasteiger partial charge in [0.25, 0.3) is 5.91 Å². The predicted octanol–water partition coefficient (Wildman–Crippen LogP) is 2.56. The van der Waals surface area contributed by atoms with Gasteiger partial charge in [0.15, 0.2) is 11.6 Å². The number of carbonyl (C=O) groups is 1. The summed E-state index contributed by atoms with van der Waals surface area (Å²) in [4.78, 5) is 24.6. The number of hydrogen-bond donors (Lipinski definition) is 1. The number of rotatable bonds is 5. The van der Waals surface area contributed by atoms with Gasteiger partial charge in [-0.2, -0.15) is 0 Å². The molecule has 0 aliphatic rings. The Kier molecular flexibility index (Phi) is 4.81. The van der Waals surface area contributed by atoms with E-state index in [0.29, 0.717) is 24.7 Å². The zero-order valence-corrected chi connectivity index (χ0v) is 13.2. The normalized spacial score (nSPS) is 10.6. The number of imidazole rings is 1. The van der Waals surface area contributed by atoms with Gasteiger partial charge in [-0.15, -0.1) is 0 Å². The van der Waals surface area contributed by atoms with E-state index in [4.69, 9.17) is 11.6 Å². The van der Waals surface area contributed by atoms with Crippen molar-refractivity contribution in [3.63, 3.8) is 0 Å². The summed E-state index contributed by atoms with van der Waals surface area (Å²) in [6, 6.07) is 5.38. The monoisotopic (exact) mass is 345 g/mol. The Balaban J connectivity index is 1.63. The SMILES string of the molecule is O=C(NCCn1ccnc1-c1ncccn1)c1ccc(F)cc1Cl. The molecule has 0 saturated carbocycles. The summed E-state index contributed by atoms with van der Waals surface area (Å²) in [7, 11) is 0. The summed E-state index contributed by atoms with van der Waals surface area (Å²) in [5.41, 5.74) is 0.232. The van der Waals surface area contributed by atoms with Crippen LogP contribution in [-0.2, 0) is 6.54 Å². The lowest BCUT2D eigenvalue weighted by atomic mass is 10.2. The second kappa shape index (κ2) is 7.18. The molecule has 6 nitrogen and oxygen atoms in total. The van der Waals surface area contributed by atoms with Gasteiger partial charge < -0.3 is 9.88 Å². The second-order valence-electron chi connectivity index (χ2n) is 4.90. The van der Waals surface area contributed by atoms with Crippen LogP contribution in [-0.4, -0.2) is 32.0 Å². The van der Waals surface area contributed by atoms with Crippen LogP contribution in [0.5, 0.6) is 0 Å². The molecular formula is C16H13ClFN5O. The molecule has 24 heavy (non-hydrogen) atoms. The van der Waals surface area contributed by atoms with Crippen molar-refractivity contribution in [2.45, 2.75) is 6.54 Å². The van der Waals surface area contributed by atoms with Gasteiger partial charge in [0.05, 0.1) is 10.6 Å². The first kappa shape index (κ1) is 16.1. The first-order valence-corrected chi connectivity index (χ1v) is 7.55. The zero-order valence-electron chi connectivity index (χ0n) is 12.5. The topological polar surface area (TPSA) is 72.7 Å². The number of benzene rings is 1. The van der Waals surface area contributed by atoms with Gasteiger partial charge in [0.1, 0.15) is 5.82 Å². The maximum absolute atomic E-state index is 13.0. The molecule has 3 aromatic rings. The van der Waals surface area contributed by atoms with E-state index in [1.54, 1.807) is 30.9 Å². The maximum atomic E-state index is 13.0. The Bertz CT molecular complexity index is 853. The first-order valence-electron chi connectivity index (χ1n) is 7.17. The number of carbonyl (C=O) groups excluding carboxylic acids is 1. The minimum Gasteiger partial charge on any atom is -0.350 e. The highest BCUT2D eigenvalue weighted by Gasteiger charge is 2.12. The molecule has 0 aliphatic heterocycles. The summed E-state index contributed by atoms with van der Waals surface area (Å²) in [5.74, 6) is 0.278. The molecule has 0 aliphatic carbocycles. The summed E-state index contributed by atoms with van der Waals surface area (Å²) in [5, 5.41) is 2.82. The van der Waals surface area contributed by atoms with Crippen molar-refractivity contribution in [2.75, 3.05) is 6.54 Å². The molecule has 1 amide bonds. The Morgan fingerprint density at radius 2 is 2.00 bits per heavy atom. The van der Waals surface area contributed by atoms with Gasteiger partial charge in [0.2, 0.25) is 0 Å². The highest BCUT2D eigenvalue weighted by atomic mass is 35.5. The molecule has 0 bridgehead atoms. The zero-order chi connectivity index (χ0) is 16.9. The molecule has 0 spiro atoms. The molecule has 0 unspecified atom stereocenters. The van der Waals surface area contributed by atoms with Gasteiger partial charge in [0, 0.05) is 37.9 Å². The highest BCUT2D eigenvalue weighted by Crippen LogP contribution is 2.17. The van der Waals surface area contributed by atoms with E-state index in [1.165, 1.54) is 12.1 Å². The van der Waals surface area contributed by atoms with E-state index in [2.05, 4.69) is 20.3 Å². The smallest absolute Gasteiger partial charge is 0.252 e. The van der Waals surface area contributed by atoms with Crippen molar-refractivity contribution in [2.24, 2.45) is 0 Å². The van der Waals surface area contributed by atoms with E-state index in [0.717, 1.165) is 6.07 Å². The third kappa shape index (κ3) is 3.57. The first-order chi connectivity index (χ1) is 11.6. The Morgan fingerprint density at radius 1 is 1.21 bits per heavy atom. The van der Waals surface area contributed by atoms with Crippen molar-refractivity contribution in [3.05, 3.63) is 65.5 Å². The van der Waals surface area contributed by atoms with Gasteiger partial charge in [-0.3, -0.25) is 4.79 Å². The Hall–Kier alpha value is -2.80. The van der Waals surface area contributed by atoms with Gasteiger partial charge in [-0.1, -0.05) is 11.6 Å². The number of amides is 1. The summed E-state index contributed by atoms with van der Waals surface area (Å²) in [6.45, 7) is 0.834. The van der Waals surface area contributed by atoms with Crippen LogP contribution < -0.4 is 5.32 Å². The third-order valence-electron chi connectivity index (χ3n) is 3.30. The van der Waals surface area contributed by atoms with Gasteiger partial charge >= 0.3 is 0 Å². The molecule has 8 heteroatoms. The average molecular weight is 346 g/mol. The minimum atomic E-state index is -0.484. The molecule has 0 saturated heterocycles. The Labute approximate surface area is 142 Å². The minimum absolute atomic E-state index is 0.0773. The van der Waals surface area contributed by atoms with Crippen LogP contribution >= 0.6 is 11.6 Å². The lowest BCUT2D eigenvalue weighted by molar-refractivity contribution is 0.0952. The van der Waals surface area contributed by atoms with Crippen LogP contribution in [0.1, 0.15) is 10.4 Å². The van der Waals surface area contributed by atoms with Crippen molar-refractivity contribution in [1.82, 2.24) is 24.8 Å². The van der Waals surface area contributed by atoms with E-state index < -0.39 is 5.82 Å². The molecule has 2 heterocycles. The van der Waals surface area contributed by atoms with Crippen LogP contribution in [0.15, 0.2) is 49.1 Å². The van der Waals surface area contributed by atoms with Crippen LogP contribution in [0.3, 0.4) is 0 Å². The maximum Gasteiger partial charge on any atom is 0.252 e. The number of nitrogens with one attached hydrogen (secondary N) is 1. The number of nitrogens with zero attached hydrogens (tertiary/aromatic N) is 4. The highest BCUT2D eigenvalue weighted by molar-refractivity contribution is 6.33. The standard InChI is InChI=1S/C16H13ClFN5O/c17-13-10-11(18)2-3-12(13)16(24)22-7-9-23-8-6-21-15(23)14-19-4-1-5-20-14/h1-6,8,10H,7,9H2,(H,22,24). The van der Waals surface area contributed by atoms with Crippen LogP contribution in [0, 0.1) is 5.82 Å². The molecule has 0 fully saturated rings. The van der Waals surface area contributed by atoms with E-state index in [9.17, 15) is 9.18 Å². The molecule has 0 radical (unpaired) electrons. The number of hydrogen-bond acceptors (Lipinski definition) is 4. The van der Waals surface area contributed by atoms with Crippen molar-refractivity contribution >= 4 is 17.5 Å². The lowest BCUT2D eigenvalue weighted by Gasteiger charge is -2.09. The molecular weight excluding hydrogens is 333 g/mol. The molecule has 2 aromatic heterocycles. The fraction of sp³-hybridized carbons (Fsp3) is 0.125. The average Bonchev–Trinajstić information content (AvgIpc) is 3.04. The summed E-state index contributed by atoms with van der Waals surface area (Å²) < 4.78 is 14.9. The second-order valence-corrected chi connectivity index (χ2v) is 5.30. The van der Waals surface area contributed by atoms with Crippen molar-refractivity contribution < 1.29 is 9.18 Å². The predicted molar refractivity (Wildman–Crippen MR) is 87.0 cm³/mol. The van der Waals surface area contributed by atoms with Crippen LogP contribution in [0.2, 0.25) is 5.02 Å². The lowest BCUT2D eigenvalue weighted by Crippen LogP contribution is -2.27. The summed E-state index contributed by atoms with van der Waals surface area (Å²) in [6.07, 6.45) is 6.70. The van der Waals surface area contributed by atoms with Crippen LogP contribution in [0.25, 0.3) is 11.6 Å². The molecule has 1 N–H and O–H groups in total. The number of aromatic nitrogens is 4. The Morgan fingerprint density at radius 3 is 2.75 bits per heavy atom. The third-order valence-corrected chi connectivity index (χ3v) is 3.61. The quantitative estimate of drug-likeness (QED) is 0.771. The fourth-order valence-corrected chi connectivity index (χ4v) is 2.42. The van der Waals surface area contributed by atoms with E-state index in [-0.39, 0.29) is 16.5 Å². The molecule has 0 atom stereocenters. The van der Waals surface area contributed by atoms with Gasteiger partial charge in [-0.05, 0) is 24.3 Å². The molecule has 3 rings (SSSR count). The molecule has 1 aromatic carbocycles. The fourth-order valence-electron chi connectivity index (χ4n) is 2.17. The van der Waals surface area contributed by atoms with Gasteiger partial charge in [-0.25, -0.2) is 19.3 Å². The van der Waals surface area contributed by atoms with E-state index in [1.807, 2.05) is 4.57 Å².